The van der Waals surface area contributed by atoms with E-state index in [1.807, 2.05) is 0 Å². The van der Waals surface area contributed by atoms with Crippen molar-refractivity contribution in [3.63, 3.8) is 0 Å². The van der Waals surface area contributed by atoms with Crippen molar-refractivity contribution in [3.8, 4) is 0 Å². The van der Waals surface area contributed by atoms with Crippen LogP contribution in [0.25, 0.3) is 0 Å². The lowest BCUT2D eigenvalue weighted by Crippen LogP contribution is -2.37. The zero-order valence-corrected chi connectivity index (χ0v) is 9.30. The van der Waals surface area contributed by atoms with Gasteiger partial charge in [0.2, 0.25) is 0 Å². The molecule has 1 saturated carbocycles. The molecule has 0 amide bonds. The Bertz CT molecular complexity index is 167. The van der Waals surface area contributed by atoms with Gasteiger partial charge in [0.25, 0.3) is 0 Å². The Kier molecular flexibility index (Phi) is 3.45. The molecule has 2 nitrogen and oxygen atoms in total. The number of likely N-dealkylation sites (tertiary alicyclic amines) is 1. The first kappa shape index (κ1) is 10.4. The summed E-state index contributed by atoms with van der Waals surface area (Å²) in [6.45, 7) is 3.95. The number of nitrogens with two attached hydrogens (primary N) is 1. The second kappa shape index (κ2) is 4.63. The van der Waals surface area contributed by atoms with Crippen LogP contribution in [0.15, 0.2) is 0 Å². The highest BCUT2D eigenvalue weighted by Crippen LogP contribution is 2.31. The second-order valence-electron chi connectivity index (χ2n) is 5.22. The average molecular weight is 196 g/mol. The van der Waals surface area contributed by atoms with Gasteiger partial charge in [-0.2, -0.15) is 0 Å². The fraction of sp³-hybridized carbons (Fsp3) is 1.00. The van der Waals surface area contributed by atoms with Crippen molar-refractivity contribution < 1.29 is 0 Å². The van der Waals surface area contributed by atoms with Crippen LogP contribution < -0.4 is 5.73 Å². The maximum atomic E-state index is 6.33. The van der Waals surface area contributed by atoms with E-state index in [4.69, 9.17) is 5.73 Å². The first-order valence-corrected chi connectivity index (χ1v) is 6.30. The minimum Gasteiger partial charge on any atom is -0.325 e. The predicted molar refractivity (Wildman–Crippen MR) is 60.3 cm³/mol. The Morgan fingerprint density at radius 3 is 2.29 bits per heavy atom. The van der Waals surface area contributed by atoms with Crippen molar-refractivity contribution in [3.05, 3.63) is 0 Å². The molecule has 0 spiro atoms. The highest BCUT2D eigenvalue weighted by Gasteiger charge is 2.28. The van der Waals surface area contributed by atoms with Crippen molar-refractivity contribution in [2.75, 3.05) is 19.6 Å². The van der Waals surface area contributed by atoms with Gasteiger partial charge in [-0.05, 0) is 58.2 Å². The summed E-state index contributed by atoms with van der Waals surface area (Å²) in [5.41, 5.74) is 6.55. The third-order valence-electron chi connectivity index (χ3n) is 3.95. The molecule has 14 heavy (non-hydrogen) atoms. The molecule has 0 aromatic carbocycles. The highest BCUT2D eigenvalue weighted by atomic mass is 15.1. The van der Waals surface area contributed by atoms with Gasteiger partial charge in [0.05, 0.1) is 0 Å². The molecule has 1 aliphatic heterocycles. The zero-order valence-electron chi connectivity index (χ0n) is 9.30. The lowest BCUT2D eigenvalue weighted by atomic mass is 9.93. The topological polar surface area (TPSA) is 29.3 Å². The van der Waals surface area contributed by atoms with Crippen LogP contribution in [0.3, 0.4) is 0 Å². The van der Waals surface area contributed by atoms with Gasteiger partial charge in [0, 0.05) is 5.54 Å². The molecular formula is C12H24N2. The maximum absolute atomic E-state index is 6.33. The molecule has 0 radical (unpaired) electrons. The third kappa shape index (κ3) is 2.71. The van der Waals surface area contributed by atoms with E-state index in [2.05, 4.69) is 4.90 Å². The van der Waals surface area contributed by atoms with Gasteiger partial charge in [-0.15, -0.1) is 0 Å². The molecule has 1 aliphatic carbocycles. The number of hydrogen-bond acceptors (Lipinski definition) is 2. The monoisotopic (exact) mass is 196 g/mol. The van der Waals surface area contributed by atoms with Gasteiger partial charge in [-0.1, -0.05) is 12.8 Å². The maximum Gasteiger partial charge on any atom is 0.0154 e. The van der Waals surface area contributed by atoms with E-state index < -0.39 is 0 Å². The van der Waals surface area contributed by atoms with E-state index in [0.29, 0.717) is 0 Å². The summed E-state index contributed by atoms with van der Waals surface area (Å²) in [4.78, 5) is 2.60. The van der Waals surface area contributed by atoms with E-state index >= 15 is 0 Å². The van der Waals surface area contributed by atoms with E-state index in [1.165, 1.54) is 71.0 Å². The van der Waals surface area contributed by atoms with E-state index in [1.54, 1.807) is 0 Å². The lowest BCUT2D eigenvalue weighted by molar-refractivity contribution is 0.301. The second-order valence-corrected chi connectivity index (χ2v) is 5.22. The first-order chi connectivity index (χ1) is 6.79. The van der Waals surface area contributed by atoms with Crippen LogP contribution in [-0.2, 0) is 0 Å². The molecule has 2 N–H and O–H groups in total. The van der Waals surface area contributed by atoms with Gasteiger partial charge < -0.3 is 10.6 Å². The number of nitrogens with zero attached hydrogens (tertiary/aromatic N) is 1. The summed E-state index contributed by atoms with van der Waals surface area (Å²) in [5, 5.41) is 0. The fourth-order valence-electron chi connectivity index (χ4n) is 2.99. The molecule has 0 aromatic rings. The summed E-state index contributed by atoms with van der Waals surface area (Å²) < 4.78 is 0. The van der Waals surface area contributed by atoms with Crippen molar-refractivity contribution >= 4 is 0 Å². The number of hydrogen-bond donors (Lipinski definition) is 1. The molecule has 0 unspecified atom stereocenters. The van der Waals surface area contributed by atoms with Gasteiger partial charge in [-0.3, -0.25) is 0 Å². The molecule has 2 fully saturated rings. The molecule has 0 bridgehead atoms. The normalized spacial score (nSPS) is 27.2. The summed E-state index contributed by atoms with van der Waals surface area (Å²) in [7, 11) is 0. The number of rotatable bonds is 4. The van der Waals surface area contributed by atoms with Crippen molar-refractivity contribution in [1.29, 1.82) is 0 Å². The van der Waals surface area contributed by atoms with E-state index in [-0.39, 0.29) is 5.54 Å². The summed E-state index contributed by atoms with van der Waals surface area (Å²) in [6, 6.07) is 0. The van der Waals surface area contributed by atoms with Crippen LogP contribution in [0, 0.1) is 0 Å². The largest absolute Gasteiger partial charge is 0.325 e. The molecule has 2 rings (SSSR count). The summed E-state index contributed by atoms with van der Waals surface area (Å²) in [6.07, 6.45) is 10.7. The van der Waals surface area contributed by atoms with Crippen molar-refractivity contribution in [2.24, 2.45) is 5.73 Å². The Hall–Kier alpha value is -0.0800. The van der Waals surface area contributed by atoms with Gasteiger partial charge in [0.15, 0.2) is 0 Å². The van der Waals surface area contributed by atoms with Crippen molar-refractivity contribution in [1.82, 2.24) is 4.90 Å². The van der Waals surface area contributed by atoms with Gasteiger partial charge in [-0.25, -0.2) is 0 Å². The van der Waals surface area contributed by atoms with Crippen LogP contribution in [0.2, 0.25) is 0 Å². The Labute approximate surface area is 87.8 Å². The molecule has 1 saturated heterocycles. The molecule has 0 aromatic heterocycles. The van der Waals surface area contributed by atoms with E-state index in [0.717, 1.165) is 0 Å². The SMILES string of the molecule is NC1(CCCN2CCCC2)CCCC1. The van der Waals surface area contributed by atoms with E-state index in [9.17, 15) is 0 Å². The third-order valence-corrected chi connectivity index (χ3v) is 3.95. The summed E-state index contributed by atoms with van der Waals surface area (Å²) >= 11 is 0. The van der Waals surface area contributed by atoms with Crippen LogP contribution in [-0.4, -0.2) is 30.1 Å². The molecule has 2 heteroatoms. The summed E-state index contributed by atoms with van der Waals surface area (Å²) in [5.74, 6) is 0. The molecule has 82 valence electrons. The molecular weight excluding hydrogens is 172 g/mol. The fourth-order valence-corrected chi connectivity index (χ4v) is 2.99. The molecule has 1 heterocycles. The molecule has 0 atom stereocenters. The Balaban J connectivity index is 1.61. The standard InChI is InChI=1S/C12H24N2/c13-12(6-1-2-7-12)8-5-11-14-9-3-4-10-14/h1-11,13H2. The first-order valence-electron chi connectivity index (χ1n) is 6.30. The minimum absolute atomic E-state index is 0.222. The lowest BCUT2D eigenvalue weighted by Gasteiger charge is -2.24. The average Bonchev–Trinajstić information content (AvgIpc) is 2.77. The van der Waals surface area contributed by atoms with Crippen LogP contribution in [0.1, 0.15) is 51.4 Å². The molecule has 2 aliphatic rings. The van der Waals surface area contributed by atoms with Gasteiger partial charge in [0.1, 0.15) is 0 Å². The smallest absolute Gasteiger partial charge is 0.0154 e. The minimum atomic E-state index is 0.222. The quantitative estimate of drug-likeness (QED) is 0.746. The van der Waals surface area contributed by atoms with Crippen LogP contribution in [0.5, 0.6) is 0 Å². The highest BCUT2D eigenvalue weighted by molar-refractivity contribution is 4.89. The zero-order chi connectivity index (χ0) is 9.86. The predicted octanol–water partition coefficient (Wildman–Crippen LogP) is 2.13. The van der Waals surface area contributed by atoms with Crippen molar-refractivity contribution in [2.45, 2.75) is 56.9 Å². The Morgan fingerprint density at radius 2 is 1.64 bits per heavy atom. The van der Waals surface area contributed by atoms with Crippen LogP contribution in [0.4, 0.5) is 0 Å². The van der Waals surface area contributed by atoms with Gasteiger partial charge >= 0.3 is 0 Å². The van der Waals surface area contributed by atoms with Crippen LogP contribution >= 0.6 is 0 Å². The Morgan fingerprint density at radius 1 is 1.00 bits per heavy atom.